The number of anilines is 3. The Hall–Kier alpha value is -2.01. The van der Waals surface area contributed by atoms with Gasteiger partial charge in [0.05, 0.1) is 11.4 Å². The average Bonchev–Trinajstić information content (AvgIpc) is 2.41. The molecule has 0 spiro atoms. The van der Waals surface area contributed by atoms with E-state index in [0.29, 0.717) is 11.3 Å². The number of nitrogen functional groups attached to an aromatic ring is 1. The van der Waals surface area contributed by atoms with E-state index < -0.39 is 0 Å². The quantitative estimate of drug-likeness (QED) is 0.833. The normalized spacial score (nSPS) is 10.3. The van der Waals surface area contributed by atoms with Crippen molar-refractivity contribution in [3.63, 3.8) is 0 Å². The number of aryl methyl sites for hydroxylation is 1. The zero-order chi connectivity index (χ0) is 15.6. The van der Waals surface area contributed by atoms with E-state index >= 15 is 0 Å². The van der Waals surface area contributed by atoms with Crippen LogP contribution < -0.4 is 16.0 Å². The zero-order valence-corrected chi connectivity index (χ0v) is 13.9. The highest BCUT2D eigenvalue weighted by atomic mass is 79.9. The Kier molecular flexibility index (Phi) is 4.53. The molecule has 0 aliphatic carbocycles. The highest BCUT2D eigenvalue weighted by Crippen LogP contribution is 2.28. The first kappa shape index (κ1) is 15.4. The standard InChI is InChI=1S/C16H18BrN3O/c1-10-8-11(4-6-13(10)18)16(21)19-14-9-12(17)5-7-15(14)20(2)3/h4-9H,18H2,1-3H3,(H,19,21). The smallest absolute Gasteiger partial charge is 0.255 e. The van der Waals surface area contributed by atoms with Crippen LogP contribution in [0.3, 0.4) is 0 Å². The molecule has 0 heterocycles. The van der Waals surface area contributed by atoms with Crippen molar-refractivity contribution in [3.8, 4) is 0 Å². The van der Waals surface area contributed by atoms with Crippen LogP contribution in [0.5, 0.6) is 0 Å². The highest BCUT2D eigenvalue weighted by Gasteiger charge is 2.11. The second-order valence-corrected chi connectivity index (χ2v) is 6.00. The molecule has 0 unspecified atom stereocenters. The SMILES string of the molecule is Cc1cc(C(=O)Nc2cc(Br)ccc2N(C)C)ccc1N. The van der Waals surface area contributed by atoms with Gasteiger partial charge in [-0.3, -0.25) is 4.79 Å². The van der Waals surface area contributed by atoms with E-state index in [0.717, 1.165) is 21.4 Å². The summed E-state index contributed by atoms with van der Waals surface area (Å²) in [6, 6.07) is 11.0. The van der Waals surface area contributed by atoms with Crippen molar-refractivity contribution < 1.29 is 4.79 Å². The number of hydrogen-bond acceptors (Lipinski definition) is 3. The minimum absolute atomic E-state index is 0.153. The molecule has 0 saturated carbocycles. The molecule has 2 aromatic carbocycles. The second kappa shape index (κ2) is 6.18. The van der Waals surface area contributed by atoms with E-state index in [4.69, 9.17) is 5.73 Å². The fourth-order valence-corrected chi connectivity index (χ4v) is 2.37. The third kappa shape index (κ3) is 3.55. The Balaban J connectivity index is 2.30. The number of nitrogens with one attached hydrogen (secondary N) is 1. The van der Waals surface area contributed by atoms with Gasteiger partial charge in [0.2, 0.25) is 0 Å². The number of rotatable bonds is 3. The van der Waals surface area contributed by atoms with Crippen LogP contribution in [-0.2, 0) is 0 Å². The largest absolute Gasteiger partial charge is 0.399 e. The Morgan fingerprint density at radius 1 is 1.19 bits per heavy atom. The molecule has 0 radical (unpaired) electrons. The summed E-state index contributed by atoms with van der Waals surface area (Å²) in [6.45, 7) is 1.89. The average molecular weight is 348 g/mol. The van der Waals surface area contributed by atoms with Gasteiger partial charge >= 0.3 is 0 Å². The molecule has 0 fully saturated rings. The molecule has 5 heteroatoms. The van der Waals surface area contributed by atoms with Crippen LogP contribution in [0.1, 0.15) is 15.9 Å². The van der Waals surface area contributed by atoms with E-state index in [-0.39, 0.29) is 5.91 Å². The Morgan fingerprint density at radius 3 is 2.52 bits per heavy atom. The lowest BCUT2D eigenvalue weighted by molar-refractivity contribution is 0.102. The summed E-state index contributed by atoms with van der Waals surface area (Å²) < 4.78 is 0.914. The summed E-state index contributed by atoms with van der Waals surface area (Å²) in [5, 5.41) is 2.94. The van der Waals surface area contributed by atoms with Crippen LogP contribution in [0, 0.1) is 6.92 Å². The van der Waals surface area contributed by atoms with Crippen molar-refractivity contribution in [2.24, 2.45) is 0 Å². The predicted octanol–water partition coefficient (Wildman–Crippen LogP) is 3.66. The number of hydrogen-bond donors (Lipinski definition) is 2. The Labute approximate surface area is 133 Å². The minimum atomic E-state index is -0.153. The first-order valence-corrected chi connectivity index (χ1v) is 7.32. The number of nitrogens with two attached hydrogens (primary N) is 1. The lowest BCUT2D eigenvalue weighted by Gasteiger charge is -2.18. The van der Waals surface area contributed by atoms with E-state index in [1.807, 2.05) is 44.1 Å². The Bertz CT molecular complexity index is 683. The van der Waals surface area contributed by atoms with Gasteiger partial charge in [-0.15, -0.1) is 0 Å². The summed E-state index contributed by atoms with van der Waals surface area (Å²) in [6.07, 6.45) is 0. The second-order valence-electron chi connectivity index (χ2n) is 5.08. The molecule has 4 nitrogen and oxygen atoms in total. The topological polar surface area (TPSA) is 58.4 Å². The van der Waals surface area contributed by atoms with Gasteiger partial charge < -0.3 is 16.0 Å². The predicted molar refractivity (Wildman–Crippen MR) is 92.0 cm³/mol. The van der Waals surface area contributed by atoms with Crippen LogP contribution in [0.25, 0.3) is 0 Å². The van der Waals surface area contributed by atoms with Crippen LogP contribution in [0.4, 0.5) is 17.1 Å². The van der Waals surface area contributed by atoms with E-state index in [9.17, 15) is 4.79 Å². The molecular weight excluding hydrogens is 330 g/mol. The summed E-state index contributed by atoms with van der Waals surface area (Å²) in [4.78, 5) is 14.3. The van der Waals surface area contributed by atoms with E-state index in [2.05, 4.69) is 21.2 Å². The maximum absolute atomic E-state index is 12.4. The number of carbonyl (C=O) groups excluding carboxylic acids is 1. The molecule has 0 aliphatic rings. The minimum Gasteiger partial charge on any atom is -0.399 e. The van der Waals surface area contributed by atoms with Gasteiger partial charge in [0, 0.05) is 29.8 Å². The molecule has 2 rings (SSSR count). The van der Waals surface area contributed by atoms with Crippen molar-refractivity contribution >= 4 is 38.9 Å². The van der Waals surface area contributed by atoms with Gasteiger partial charge in [-0.25, -0.2) is 0 Å². The van der Waals surface area contributed by atoms with Crippen molar-refractivity contribution in [2.45, 2.75) is 6.92 Å². The lowest BCUT2D eigenvalue weighted by atomic mass is 10.1. The molecule has 110 valence electrons. The monoisotopic (exact) mass is 347 g/mol. The number of amides is 1. The van der Waals surface area contributed by atoms with Crippen LogP contribution >= 0.6 is 15.9 Å². The third-order valence-electron chi connectivity index (χ3n) is 3.22. The zero-order valence-electron chi connectivity index (χ0n) is 12.3. The van der Waals surface area contributed by atoms with Gasteiger partial charge in [-0.1, -0.05) is 15.9 Å². The highest BCUT2D eigenvalue weighted by molar-refractivity contribution is 9.10. The lowest BCUT2D eigenvalue weighted by Crippen LogP contribution is -2.17. The van der Waals surface area contributed by atoms with Crippen LogP contribution in [0.2, 0.25) is 0 Å². The van der Waals surface area contributed by atoms with Crippen molar-refractivity contribution in [1.82, 2.24) is 0 Å². The molecule has 1 amide bonds. The fourth-order valence-electron chi connectivity index (χ4n) is 2.01. The van der Waals surface area contributed by atoms with Crippen molar-refractivity contribution in [1.29, 1.82) is 0 Å². The molecule has 0 aliphatic heterocycles. The summed E-state index contributed by atoms with van der Waals surface area (Å²) in [5.74, 6) is -0.153. The number of halogens is 1. The summed E-state index contributed by atoms with van der Waals surface area (Å²) >= 11 is 3.43. The molecule has 0 bridgehead atoms. The van der Waals surface area contributed by atoms with Gasteiger partial charge in [0.25, 0.3) is 5.91 Å². The number of benzene rings is 2. The van der Waals surface area contributed by atoms with Crippen molar-refractivity contribution in [2.75, 3.05) is 30.0 Å². The van der Waals surface area contributed by atoms with Gasteiger partial charge in [-0.05, 0) is 48.9 Å². The van der Waals surface area contributed by atoms with Crippen LogP contribution in [0.15, 0.2) is 40.9 Å². The maximum atomic E-state index is 12.4. The molecule has 2 aromatic rings. The third-order valence-corrected chi connectivity index (χ3v) is 3.71. The van der Waals surface area contributed by atoms with Gasteiger partial charge in [0.1, 0.15) is 0 Å². The van der Waals surface area contributed by atoms with Gasteiger partial charge in [-0.2, -0.15) is 0 Å². The molecule has 0 atom stereocenters. The van der Waals surface area contributed by atoms with E-state index in [1.54, 1.807) is 18.2 Å². The summed E-state index contributed by atoms with van der Waals surface area (Å²) in [5.41, 5.74) is 9.65. The Morgan fingerprint density at radius 2 is 1.90 bits per heavy atom. The molecule has 21 heavy (non-hydrogen) atoms. The number of nitrogens with zero attached hydrogens (tertiary/aromatic N) is 1. The first-order valence-electron chi connectivity index (χ1n) is 6.53. The van der Waals surface area contributed by atoms with Gasteiger partial charge in [0.15, 0.2) is 0 Å². The van der Waals surface area contributed by atoms with Crippen molar-refractivity contribution in [3.05, 3.63) is 52.0 Å². The molecule has 0 saturated heterocycles. The molecule has 3 N–H and O–H groups in total. The maximum Gasteiger partial charge on any atom is 0.255 e. The van der Waals surface area contributed by atoms with Crippen LogP contribution in [-0.4, -0.2) is 20.0 Å². The van der Waals surface area contributed by atoms with E-state index in [1.165, 1.54) is 0 Å². The first-order chi connectivity index (χ1) is 9.88. The summed E-state index contributed by atoms with van der Waals surface area (Å²) in [7, 11) is 3.87. The number of carbonyl (C=O) groups is 1. The molecule has 0 aromatic heterocycles. The molecular formula is C16H18BrN3O. The fraction of sp³-hybridized carbons (Fsp3) is 0.188.